The van der Waals surface area contributed by atoms with Gasteiger partial charge in [0.1, 0.15) is 10.7 Å². The third-order valence-corrected chi connectivity index (χ3v) is 4.96. The number of methoxy groups -OCH3 is 1. The topological polar surface area (TPSA) is 66.8 Å². The van der Waals surface area contributed by atoms with E-state index in [1.54, 1.807) is 6.92 Å². The Hall–Kier alpha value is -0.730. The molecule has 0 radical (unpaired) electrons. The van der Waals surface area contributed by atoms with Crippen molar-refractivity contribution in [3.63, 3.8) is 0 Å². The summed E-state index contributed by atoms with van der Waals surface area (Å²) in [5, 5.41) is 9.10. The Morgan fingerprint density at radius 3 is 2.60 bits per heavy atom. The molecule has 0 unspecified atom stereocenters. The molecular formula is C12H17ClFNO4S. The molecule has 0 aromatic heterocycles. The summed E-state index contributed by atoms with van der Waals surface area (Å²) in [6.45, 7) is 1.49. The van der Waals surface area contributed by atoms with Crippen LogP contribution >= 0.6 is 11.6 Å². The van der Waals surface area contributed by atoms with Gasteiger partial charge in [0.15, 0.2) is 0 Å². The Labute approximate surface area is 123 Å². The highest BCUT2D eigenvalue weighted by atomic mass is 35.5. The van der Waals surface area contributed by atoms with E-state index in [-0.39, 0.29) is 30.3 Å². The highest BCUT2D eigenvalue weighted by Crippen LogP contribution is 2.26. The maximum Gasteiger partial charge on any atom is 0.246 e. The maximum atomic E-state index is 14.1. The first-order chi connectivity index (χ1) is 9.38. The van der Waals surface area contributed by atoms with E-state index < -0.39 is 27.3 Å². The van der Waals surface area contributed by atoms with Crippen LogP contribution in [0.2, 0.25) is 5.02 Å². The monoisotopic (exact) mass is 325 g/mol. The Kier molecular flexibility index (Phi) is 6.35. The minimum Gasteiger partial charge on any atom is -0.392 e. The lowest BCUT2D eigenvalue weighted by atomic mass is 10.2. The Morgan fingerprint density at radius 1 is 1.45 bits per heavy atom. The van der Waals surface area contributed by atoms with E-state index in [2.05, 4.69) is 0 Å². The predicted molar refractivity (Wildman–Crippen MR) is 73.6 cm³/mol. The van der Waals surface area contributed by atoms with Crippen LogP contribution in [0, 0.1) is 5.82 Å². The molecule has 0 spiro atoms. The zero-order chi connectivity index (χ0) is 15.3. The van der Waals surface area contributed by atoms with Gasteiger partial charge in [0.2, 0.25) is 10.0 Å². The van der Waals surface area contributed by atoms with E-state index in [1.165, 1.54) is 13.2 Å². The zero-order valence-electron chi connectivity index (χ0n) is 11.3. The first-order valence-electron chi connectivity index (χ1n) is 5.96. The SMILES string of the molecule is CCN(CCOC)S(=O)(=O)c1cc(Cl)cc(CO)c1F. The lowest BCUT2D eigenvalue weighted by molar-refractivity contribution is 0.180. The number of aliphatic hydroxyl groups excluding tert-OH is 1. The number of ether oxygens (including phenoxy) is 1. The Bertz CT molecular complexity index is 565. The summed E-state index contributed by atoms with van der Waals surface area (Å²) in [6.07, 6.45) is 0. The van der Waals surface area contributed by atoms with Crippen LogP contribution in [0.5, 0.6) is 0 Å². The van der Waals surface area contributed by atoms with Crippen LogP contribution in [-0.4, -0.2) is 44.6 Å². The van der Waals surface area contributed by atoms with Crippen molar-refractivity contribution >= 4 is 21.6 Å². The molecule has 0 bridgehead atoms. The summed E-state index contributed by atoms with van der Waals surface area (Å²) >= 11 is 5.77. The normalized spacial score (nSPS) is 12.1. The molecule has 0 aliphatic heterocycles. The van der Waals surface area contributed by atoms with Crippen LogP contribution in [-0.2, 0) is 21.4 Å². The molecule has 5 nitrogen and oxygen atoms in total. The van der Waals surface area contributed by atoms with E-state index in [4.69, 9.17) is 21.4 Å². The van der Waals surface area contributed by atoms with Crippen LogP contribution in [0.25, 0.3) is 0 Å². The van der Waals surface area contributed by atoms with Gasteiger partial charge in [0.05, 0.1) is 13.2 Å². The largest absolute Gasteiger partial charge is 0.392 e. The number of sulfonamides is 1. The maximum absolute atomic E-state index is 14.1. The van der Waals surface area contributed by atoms with E-state index in [1.807, 2.05) is 0 Å². The fourth-order valence-electron chi connectivity index (χ4n) is 1.70. The predicted octanol–water partition coefficient (Wildman–Crippen LogP) is 1.63. The van der Waals surface area contributed by atoms with Gasteiger partial charge in [0, 0.05) is 30.8 Å². The van der Waals surface area contributed by atoms with Crippen molar-refractivity contribution < 1.29 is 22.7 Å². The molecule has 114 valence electrons. The lowest BCUT2D eigenvalue weighted by Gasteiger charge is -2.21. The number of benzene rings is 1. The molecule has 1 aromatic carbocycles. The van der Waals surface area contributed by atoms with Gasteiger partial charge >= 0.3 is 0 Å². The van der Waals surface area contributed by atoms with E-state index in [9.17, 15) is 12.8 Å². The van der Waals surface area contributed by atoms with Gasteiger partial charge in [0.25, 0.3) is 0 Å². The standard InChI is InChI=1S/C12H17ClFNO4S/c1-3-15(4-5-19-2)20(17,18)11-7-10(13)6-9(8-16)12(11)14/h6-7,16H,3-5,8H2,1-2H3. The lowest BCUT2D eigenvalue weighted by Crippen LogP contribution is -2.34. The summed E-state index contributed by atoms with van der Waals surface area (Å²) in [5.41, 5.74) is -0.154. The van der Waals surface area contributed by atoms with Gasteiger partial charge in [-0.05, 0) is 12.1 Å². The second-order valence-electron chi connectivity index (χ2n) is 4.02. The number of rotatable bonds is 7. The van der Waals surface area contributed by atoms with Crippen molar-refractivity contribution in [2.75, 3.05) is 26.8 Å². The van der Waals surface area contributed by atoms with Crippen molar-refractivity contribution in [2.24, 2.45) is 0 Å². The molecule has 1 rings (SSSR count). The van der Waals surface area contributed by atoms with Gasteiger partial charge in [-0.15, -0.1) is 0 Å². The van der Waals surface area contributed by atoms with Crippen LogP contribution < -0.4 is 0 Å². The van der Waals surface area contributed by atoms with Gasteiger partial charge < -0.3 is 9.84 Å². The molecule has 0 aliphatic rings. The summed E-state index contributed by atoms with van der Waals surface area (Å²) in [6, 6.07) is 2.24. The Balaban J connectivity index is 3.30. The second-order valence-corrected chi connectivity index (χ2v) is 6.37. The Morgan fingerprint density at radius 2 is 2.10 bits per heavy atom. The quantitative estimate of drug-likeness (QED) is 0.827. The molecule has 0 saturated heterocycles. The molecule has 0 atom stereocenters. The number of nitrogens with zero attached hydrogens (tertiary/aromatic N) is 1. The van der Waals surface area contributed by atoms with Crippen molar-refractivity contribution in [3.05, 3.63) is 28.5 Å². The van der Waals surface area contributed by atoms with Crippen LogP contribution in [0.3, 0.4) is 0 Å². The summed E-state index contributed by atoms with van der Waals surface area (Å²) in [7, 11) is -2.58. The molecule has 0 amide bonds. The van der Waals surface area contributed by atoms with Crippen molar-refractivity contribution in [2.45, 2.75) is 18.4 Å². The number of hydrogen-bond acceptors (Lipinski definition) is 4. The molecule has 0 fully saturated rings. The smallest absolute Gasteiger partial charge is 0.246 e. The van der Waals surface area contributed by atoms with Gasteiger partial charge in [-0.3, -0.25) is 0 Å². The van der Waals surface area contributed by atoms with E-state index in [0.29, 0.717) is 0 Å². The van der Waals surface area contributed by atoms with Crippen LogP contribution in [0.4, 0.5) is 4.39 Å². The average molecular weight is 326 g/mol. The fraction of sp³-hybridized carbons (Fsp3) is 0.500. The zero-order valence-corrected chi connectivity index (χ0v) is 12.8. The van der Waals surface area contributed by atoms with Gasteiger partial charge in [-0.1, -0.05) is 18.5 Å². The molecule has 1 aromatic rings. The molecule has 0 saturated carbocycles. The summed E-state index contributed by atoms with van der Waals surface area (Å²) in [4.78, 5) is -0.535. The second kappa shape index (κ2) is 7.33. The highest BCUT2D eigenvalue weighted by Gasteiger charge is 2.28. The number of likely N-dealkylation sites (N-methyl/N-ethyl adjacent to an activating group) is 1. The first kappa shape index (κ1) is 17.3. The fourth-order valence-corrected chi connectivity index (χ4v) is 3.57. The third-order valence-electron chi connectivity index (χ3n) is 2.77. The van der Waals surface area contributed by atoms with Crippen LogP contribution in [0.15, 0.2) is 17.0 Å². The van der Waals surface area contributed by atoms with Crippen molar-refractivity contribution in [1.82, 2.24) is 4.31 Å². The highest BCUT2D eigenvalue weighted by molar-refractivity contribution is 7.89. The minimum absolute atomic E-state index is 0.0526. The minimum atomic E-state index is -4.03. The van der Waals surface area contributed by atoms with Gasteiger partial charge in [-0.2, -0.15) is 4.31 Å². The van der Waals surface area contributed by atoms with Crippen LogP contribution in [0.1, 0.15) is 12.5 Å². The molecular weight excluding hydrogens is 309 g/mol. The average Bonchev–Trinajstić information content (AvgIpc) is 2.41. The number of halogens is 2. The molecule has 8 heteroatoms. The summed E-state index contributed by atoms with van der Waals surface area (Å²) in [5.74, 6) is -0.979. The van der Waals surface area contributed by atoms with Crippen molar-refractivity contribution in [3.8, 4) is 0 Å². The molecule has 0 heterocycles. The molecule has 20 heavy (non-hydrogen) atoms. The van der Waals surface area contributed by atoms with Crippen molar-refractivity contribution in [1.29, 1.82) is 0 Å². The third kappa shape index (κ3) is 3.67. The number of hydrogen-bond donors (Lipinski definition) is 1. The first-order valence-corrected chi connectivity index (χ1v) is 7.78. The van der Waals surface area contributed by atoms with E-state index >= 15 is 0 Å². The molecule has 0 aliphatic carbocycles. The summed E-state index contributed by atoms with van der Waals surface area (Å²) < 4.78 is 44.8. The van der Waals surface area contributed by atoms with Gasteiger partial charge in [-0.25, -0.2) is 12.8 Å². The van der Waals surface area contributed by atoms with E-state index in [0.717, 1.165) is 10.4 Å². The number of aliphatic hydroxyl groups is 1. The molecule has 1 N–H and O–H groups in total.